The van der Waals surface area contributed by atoms with Gasteiger partial charge in [-0.3, -0.25) is 14.9 Å². The molecule has 29 heavy (non-hydrogen) atoms. The highest BCUT2D eigenvalue weighted by molar-refractivity contribution is 5.95. The fourth-order valence-corrected chi connectivity index (χ4v) is 2.78. The molecule has 1 amide bonds. The van der Waals surface area contributed by atoms with Crippen molar-refractivity contribution >= 4 is 11.6 Å². The molecule has 9 heteroatoms. The molecule has 3 rings (SSSR count). The minimum absolute atomic E-state index is 0.0795. The van der Waals surface area contributed by atoms with E-state index in [4.69, 9.17) is 9.15 Å². The van der Waals surface area contributed by atoms with Crippen LogP contribution in [-0.4, -0.2) is 39.1 Å². The number of nitro groups is 1. The van der Waals surface area contributed by atoms with Crippen molar-refractivity contribution in [2.24, 2.45) is 0 Å². The van der Waals surface area contributed by atoms with Crippen molar-refractivity contribution < 1.29 is 18.9 Å². The SMILES string of the molecule is COc1ccc(C(=O)N(Cc2nnc(-c3ccccc3)o2)C(C)C)cc1[N+](=O)[O-]. The molecule has 0 spiro atoms. The molecular weight excluding hydrogens is 376 g/mol. The van der Waals surface area contributed by atoms with E-state index in [9.17, 15) is 14.9 Å². The number of carbonyl (C=O) groups excluding carboxylic acids is 1. The molecule has 0 atom stereocenters. The van der Waals surface area contributed by atoms with Gasteiger partial charge in [0.1, 0.15) is 0 Å². The molecule has 2 aromatic carbocycles. The summed E-state index contributed by atoms with van der Waals surface area (Å²) in [6, 6.07) is 13.2. The van der Waals surface area contributed by atoms with Gasteiger partial charge in [-0.15, -0.1) is 10.2 Å². The number of ether oxygens (including phenoxy) is 1. The lowest BCUT2D eigenvalue weighted by Crippen LogP contribution is -2.36. The molecule has 0 aliphatic carbocycles. The van der Waals surface area contributed by atoms with Gasteiger partial charge in [0.2, 0.25) is 11.8 Å². The lowest BCUT2D eigenvalue weighted by molar-refractivity contribution is -0.385. The number of nitrogens with zero attached hydrogens (tertiary/aromatic N) is 4. The maximum absolute atomic E-state index is 13.0. The van der Waals surface area contributed by atoms with Crippen molar-refractivity contribution in [1.82, 2.24) is 15.1 Å². The molecule has 0 fully saturated rings. The van der Waals surface area contributed by atoms with E-state index in [1.807, 2.05) is 44.2 Å². The summed E-state index contributed by atoms with van der Waals surface area (Å²) in [6.45, 7) is 3.75. The van der Waals surface area contributed by atoms with Crippen LogP contribution >= 0.6 is 0 Å². The van der Waals surface area contributed by atoms with Crippen molar-refractivity contribution in [3.05, 3.63) is 70.1 Å². The number of amides is 1. The number of hydrogen-bond donors (Lipinski definition) is 0. The molecule has 0 aliphatic heterocycles. The van der Waals surface area contributed by atoms with E-state index < -0.39 is 4.92 Å². The minimum Gasteiger partial charge on any atom is -0.490 e. The first-order valence-electron chi connectivity index (χ1n) is 8.92. The van der Waals surface area contributed by atoms with Crippen molar-refractivity contribution in [3.8, 4) is 17.2 Å². The van der Waals surface area contributed by atoms with Crippen LogP contribution < -0.4 is 4.74 Å². The molecule has 0 saturated carbocycles. The van der Waals surface area contributed by atoms with Crippen LogP contribution in [0.15, 0.2) is 52.9 Å². The Morgan fingerprint density at radius 2 is 1.93 bits per heavy atom. The number of hydrogen-bond acceptors (Lipinski definition) is 7. The third-order valence-corrected chi connectivity index (χ3v) is 4.30. The summed E-state index contributed by atoms with van der Waals surface area (Å²) in [5, 5.41) is 19.3. The average Bonchev–Trinajstić information content (AvgIpc) is 3.20. The zero-order valence-corrected chi connectivity index (χ0v) is 16.2. The molecule has 0 radical (unpaired) electrons. The molecule has 150 valence electrons. The van der Waals surface area contributed by atoms with E-state index in [1.165, 1.54) is 30.2 Å². The standard InChI is InChI=1S/C20H20N4O5/c1-13(2)23(12-18-21-22-19(29-18)14-7-5-4-6-8-14)20(25)15-9-10-17(28-3)16(11-15)24(26)27/h4-11,13H,12H2,1-3H3. The minimum atomic E-state index is -0.584. The summed E-state index contributed by atoms with van der Waals surface area (Å²) >= 11 is 0. The zero-order valence-electron chi connectivity index (χ0n) is 16.2. The van der Waals surface area contributed by atoms with Gasteiger partial charge in [-0.2, -0.15) is 0 Å². The van der Waals surface area contributed by atoms with Gasteiger partial charge in [0.05, 0.1) is 18.6 Å². The molecule has 0 bridgehead atoms. The molecule has 0 N–H and O–H groups in total. The molecule has 0 saturated heterocycles. The lowest BCUT2D eigenvalue weighted by atomic mass is 10.1. The lowest BCUT2D eigenvalue weighted by Gasteiger charge is -2.25. The first-order chi connectivity index (χ1) is 13.9. The van der Waals surface area contributed by atoms with E-state index in [0.29, 0.717) is 5.89 Å². The summed E-state index contributed by atoms with van der Waals surface area (Å²) in [5.74, 6) is 0.336. The normalized spacial score (nSPS) is 10.8. The number of aromatic nitrogens is 2. The second kappa shape index (κ2) is 8.51. The molecule has 1 aromatic heterocycles. The molecular formula is C20H20N4O5. The Morgan fingerprint density at radius 3 is 2.55 bits per heavy atom. The summed E-state index contributed by atoms with van der Waals surface area (Å²) in [7, 11) is 1.34. The van der Waals surface area contributed by atoms with E-state index >= 15 is 0 Å². The maximum Gasteiger partial charge on any atom is 0.311 e. The highest BCUT2D eigenvalue weighted by Crippen LogP contribution is 2.28. The van der Waals surface area contributed by atoms with Gasteiger partial charge in [-0.25, -0.2) is 0 Å². The number of benzene rings is 2. The predicted molar refractivity (Wildman–Crippen MR) is 104 cm³/mol. The van der Waals surface area contributed by atoms with Gasteiger partial charge < -0.3 is 14.1 Å². The first kappa shape index (κ1) is 20.0. The Morgan fingerprint density at radius 1 is 1.21 bits per heavy atom. The van der Waals surface area contributed by atoms with E-state index in [0.717, 1.165) is 5.56 Å². The Hall–Kier alpha value is -3.75. The smallest absolute Gasteiger partial charge is 0.311 e. The van der Waals surface area contributed by atoms with Gasteiger partial charge in [-0.05, 0) is 38.1 Å². The van der Waals surface area contributed by atoms with Crippen LogP contribution in [0.2, 0.25) is 0 Å². The van der Waals surface area contributed by atoms with Crippen LogP contribution in [0.25, 0.3) is 11.5 Å². The Labute approximate surface area is 167 Å². The zero-order chi connectivity index (χ0) is 21.0. The third-order valence-electron chi connectivity index (χ3n) is 4.30. The molecule has 3 aromatic rings. The molecule has 9 nitrogen and oxygen atoms in total. The van der Waals surface area contributed by atoms with Gasteiger partial charge >= 0.3 is 5.69 Å². The van der Waals surface area contributed by atoms with Crippen LogP contribution in [0.4, 0.5) is 5.69 Å². The topological polar surface area (TPSA) is 112 Å². The quantitative estimate of drug-likeness (QED) is 0.442. The van der Waals surface area contributed by atoms with Crippen LogP contribution in [-0.2, 0) is 6.54 Å². The van der Waals surface area contributed by atoms with E-state index in [1.54, 1.807) is 0 Å². The molecule has 1 heterocycles. The highest BCUT2D eigenvalue weighted by atomic mass is 16.6. The second-order valence-corrected chi connectivity index (χ2v) is 6.54. The summed E-state index contributed by atoms with van der Waals surface area (Å²) in [6.07, 6.45) is 0. The fourth-order valence-electron chi connectivity index (χ4n) is 2.78. The fraction of sp³-hybridized carbons (Fsp3) is 0.250. The Kier molecular flexibility index (Phi) is 5.87. The van der Waals surface area contributed by atoms with Crippen LogP contribution in [0.5, 0.6) is 5.75 Å². The van der Waals surface area contributed by atoms with Crippen molar-refractivity contribution in [2.75, 3.05) is 7.11 Å². The number of nitro benzene ring substituents is 1. The number of rotatable bonds is 7. The second-order valence-electron chi connectivity index (χ2n) is 6.54. The summed E-state index contributed by atoms with van der Waals surface area (Å²) < 4.78 is 10.7. The largest absolute Gasteiger partial charge is 0.490 e. The van der Waals surface area contributed by atoms with Gasteiger partial charge in [-0.1, -0.05) is 18.2 Å². The Bertz CT molecular complexity index is 1020. The van der Waals surface area contributed by atoms with Gasteiger partial charge in [0.15, 0.2) is 5.75 Å². The Balaban J connectivity index is 1.85. The third kappa shape index (κ3) is 4.40. The first-order valence-corrected chi connectivity index (χ1v) is 8.92. The van der Waals surface area contributed by atoms with Crippen molar-refractivity contribution in [2.45, 2.75) is 26.4 Å². The van der Waals surface area contributed by atoms with Crippen LogP contribution in [0.1, 0.15) is 30.1 Å². The van der Waals surface area contributed by atoms with Crippen LogP contribution in [0, 0.1) is 10.1 Å². The molecule has 0 aliphatic rings. The average molecular weight is 396 g/mol. The highest BCUT2D eigenvalue weighted by Gasteiger charge is 2.25. The van der Waals surface area contributed by atoms with E-state index in [2.05, 4.69) is 10.2 Å². The van der Waals surface area contributed by atoms with Gasteiger partial charge in [0, 0.05) is 23.2 Å². The van der Waals surface area contributed by atoms with Crippen molar-refractivity contribution in [3.63, 3.8) is 0 Å². The summed E-state index contributed by atoms with van der Waals surface area (Å²) in [5.41, 5.74) is 0.680. The molecule has 0 unspecified atom stereocenters. The predicted octanol–water partition coefficient (Wildman–Crippen LogP) is 3.70. The van der Waals surface area contributed by atoms with Crippen molar-refractivity contribution in [1.29, 1.82) is 0 Å². The summed E-state index contributed by atoms with van der Waals surface area (Å²) in [4.78, 5) is 25.2. The maximum atomic E-state index is 13.0. The number of carbonyl (C=O) groups is 1. The van der Waals surface area contributed by atoms with Crippen LogP contribution in [0.3, 0.4) is 0 Å². The monoisotopic (exact) mass is 396 g/mol. The van der Waals surface area contributed by atoms with Gasteiger partial charge in [0.25, 0.3) is 5.91 Å². The van der Waals surface area contributed by atoms with E-state index in [-0.39, 0.29) is 41.4 Å². The number of methoxy groups -OCH3 is 1.